The second-order valence-electron chi connectivity index (χ2n) is 7.91. The predicted octanol–water partition coefficient (Wildman–Crippen LogP) is 2.77. The minimum atomic E-state index is -3.08. The van der Waals surface area contributed by atoms with Crippen molar-refractivity contribution in [3.63, 3.8) is 0 Å². The standard InChI is InChI=1S/C21H22F3N5O3S/c1-12(13-4-3-5-14(17(13)22)18(23)24)27-21(30)16-10-15-19(28(16)2)25-11-26-20(15)29-6-8-33(31,32)9-7-29/h3-5,10-12,18H,6-9H2,1-2H3,(H,27,30)/t12-/m1/s1. The van der Waals surface area contributed by atoms with Crippen molar-refractivity contribution in [2.45, 2.75) is 19.4 Å². The van der Waals surface area contributed by atoms with E-state index in [9.17, 15) is 26.4 Å². The highest BCUT2D eigenvalue weighted by Gasteiger charge is 2.26. The molecule has 1 aromatic carbocycles. The average molecular weight is 482 g/mol. The maximum atomic E-state index is 14.5. The number of halogens is 3. The van der Waals surface area contributed by atoms with Crippen LogP contribution in [0, 0.1) is 5.82 Å². The molecular weight excluding hydrogens is 459 g/mol. The number of rotatable bonds is 5. The number of benzene rings is 1. The van der Waals surface area contributed by atoms with E-state index in [0.717, 1.165) is 6.07 Å². The van der Waals surface area contributed by atoms with Gasteiger partial charge in [-0.1, -0.05) is 18.2 Å². The summed E-state index contributed by atoms with van der Waals surface area (Å²) in [7, 11) is -1.44. The monoisotopic (exact) mass is 481 g/mol. The van der Waals surface area contributed by atoms with Gasteiger partial charge in [-0.25, -0.2) is 31.6 Å². The summed E-state index contributed by atoms with van der Waals surface area (Å²) in [6, 6.07) is 4.39. The SMILES string of the molecule is C[C@@H](NC(=O)c1cc2c(N3CCS(=O)(=O)CC3)ncnc2n1C)c1cccc(C(F)F)c1F. The van der Waals surface area contributed by atoms with Crippen LogP contribution in [0.5, 0.6) is 0 Å². The number of sulfone groups is 1. The number of hydrogen-bond acceptors (Lipinski definition) is 6. The molecule has 1 N–H and O–H groups in total. The Labute approximate surface area is 188 Å². The average Bonchev–Trinajstić information content (AvgIpc) is 3.10. The summed E-state index contributed by atoms with van der Waals surface area (Å²) < 4.78 is 65.6. The molecule has 176 valence electrons. The van der Waals surface area contributed by atoms with E-state index in [1.807, 2.05) is 4.90 Å². The van der Waals surface area contributed by atoms with Crippen LogP contribution in [0.25, 0.3) is 11.0 Å². The molecule has 0 spiro atoms. The fourth-order valence-corrected chi connectivity index (χ4v) is 5.14. The van der Waals surface area contributed by atoms with Crippen LogP contribution in [0.1, 0.15) is 41.0 Å². The Hall–Kier alpha value is -3.15. The number of carbonyl (C=O) groups is 1. The Morgan fingerprint density at radius 2 is 1.82 bits per heavy atom. The predicted molar refractivity (Wildman–Crippen MR) is 117 cm³/mol. The second-order valence-corrected chi connectivity index (χ2v) is 10.2. The molecule has 1 amide bonds. The third kappa shape index (κ3) is 4.39. The Kier molecular flexibility index (Phi) is 6.04. The quantitative estimate of drug-likeness (QED) is 0.602. The largest absolute Gasteiger partial charge is 0.354 e. The lowest BCUT2D eigenvalue weighted by Gasteiger charge is -2.27. The Bertz CT molecular complexity index is 1310. The number of nitrogens with one attached hydrogen (secondary N) is 1. The normalized spacial score (nSPS) is 16.8. The smallest absolute Gasteiger partial charge is 0.268 e. The zero-order valence-corrected chi connectivity index (χ0v) is 18.7. The number of alkyl halides is 2. The van der Waals surface area contributed by atoms with Crippen LogP contribution in [0.15, 0.2) is 30.6 Å². The summed E-state index contributed by atoms with van der Waals surface area (Å²) in [5.41, 5.74) is -0.0812. The van der Waals surface area contributed by atoms with Crippen LogP contribution in [0.2, 0.25) is 0 Å². The van der Waals surface area contributed by atoms with Gasteiger partial charge in [0.15, 0.2) is 9.84 Å². The lowest BCUT2D eigenvalue weighted by Crippen LogP contribution is -2.40. The number of carbonyl (C=O) groups excluding carboxylic acids is 1. The van der Waals surface area contributed by atoms with Gasteiger partial charge in [0.1, 0.15) is 29.3 Å². The Morgan fingerprint density at radius 3 is 2.48 bits per heavy atom. The third-order valence-corrected chi connectivity index (χ3v) is 7.40. The van der Waals surface area contributed by atoms with E-state index in [-0.39, 0.29) is 35.9 Å². The first-order chi connectivity index (χ1) is 15.6. The molecule has 0 bridgehead atoms. The molecule has 1 aliphatic heterocycles. The number of aryl methyl sites for hydroxylation is 1. The summed E-state index contributed by atoms with van der Waals surface area (Å²) in [5, 5.41) is 3.22. The molecule has 1 atom stereocenters. The van der Waals surface area contributed by atoms with Crippen LogP contribution in [-0.4, -0.2) is 53.5 Å². The number of fused-ring (bicyclic) bond motifs is 1. The van der Waals surface area contributed by atoms with Crippen molar-refractivity contribution in [1.29, 1.82) is 0 Å². The zero-order valence-electron chi connectivity index (χ0n) is 17.9. The van der Waals surface area contributed by atoms with E-state index in [4.69, 9.17) is 0 Å². The second kappa shape index (κ2) is 8.65. The van der Waals surface area contributed by atoms with E-state index in [1.54, 1.807) is 17.7 Å². The summed E-state index contributed by atoms with van der Waals surface area (Å²) in [6.07, 6.45) is -1.62. The first-order valence-corrected chi connectivity index (χ1v) is 12.0. The van der Waals surface area contributed by atoms with Crippen molar-refractivity contribution in [3.05, 3.63) is 53.2 Å². The zero-order chi connectivity index (χ0) is 23.9. The molecule has 3 heterocycles. The lowest BCUT2D eigenvalue weighted by atomic mass is 10.0. The number of anilines is 1. The van der Waals surface area contributed by atoms with E-state index in [2.05, 4.69) is 15.3 Å². The number of aromatic nitrogens is 3. The van der Waals surface area contributed by atoms with Gasteiger partial charge in [-0.05, 0) is 13.0 Å². The topological polar surface area (TPSA) is 97.2 Å². The molecule has 2 aromatic heterocycles. The molecule has 0 unspecified atom stereocenters. The molecule has 1 fully saturated rings. The minimum Gasteiger partial charge on any atom is -0.354 e. The van der Waals surface area contributed by atoms with Gasteiger partial charge in [0.05, 0.1) is 28.5 Å². The molecule has 8 nitrogen and oxygen atoms in total. The number of hydrogen-bond donors (Lipinski definition) is 1. The summed E-state index contributed by atoms with van der Waals surface area (Å²) in [4.78, 5) is 23.3. The third-order valence-electron chi connectivity index (χ3n) is 5.79. The number of nitrogens with zero attached hydrogens (tertiary/aromatic N) is 4. The first kappa shape index (κ1) is 23.0. The molecule has 1 saturated heterocycles. The fraction of sp³-hybridized carbons (Fsp3) is 0.381. The minimum absolute atomic E-state index is 0.0133. The highest BCUT2D eigenvalue weighted by atomic mass is 32.2. The summed E-state index contributed by atoms with van der Waals surface area (Å²) in [5.74, 6) is -1.05. The van der Waals surface area contributed by atoms with Crippen LogP contribution < -0.4 is 10.2 Å². The molecule has 12 heteroatoms. The molecule has 0 saturated carbocycles. The van der Waals surface area contributed by atoms with Crippen LogP contribution in [0.3, 0.4) is 0 Å². The molecule has 1 aliphatic rings. The molecule has 33 heavy (non-hydrogen) atoms. The van der Waals surface area contributed by atoms with E-state index >= 15 is 0 Å². The van der Waals surface area contributed by atoms with E-state index < -0.39 is 39.6 Å². The Balaban J connectivity index is 1.62. The van der Waals surface area contributed by atoms with Gasteiger partial charge in [0.2, 0.25) is 0 Å². The van der Waals surface area contributed by atoms with Gasteiger partial charge in [0.25, 0.3) is 12.3 Å². The summed E-state index contributed by atoms with van der Waals surface area (Å²) >= 11 is 0. The maximum absolute atomic E-state index is 14.5. The molecule has 3 aromatic rings. The van der Waals surface area contributed by atoms with Crippen molar-refractivity contribution >= 4 is 32.6 Å². The van der Waals surface area contributed by atoms with E-state index in [0.29, 0.717) is 16.9 Å². The maximum Gasteiger partial charge on any atom is 0.268 e. The fourth-order valence-electron chi connectivity index (χ4n) is 3.94. The lowest BCUT2D eigenvalue weighted by molar-refractivity contribution is 0.0931. The van der Waals surface area contributed by atoms with Crippen molar-refractivity contribution in [3.8, 4) is 0 Å². The number of amides is 1. The van der Waals surface area contributed by atoms with Gasteiger partial charge in [-0.3, -0.25) is 4.79 Å². The van der Waals surface area contributed by atoms with Gasteiger partial charge >= 0.3 is 0 Å². The van der Waals surface area contributed by atoms with Crippen molar-refractivity contribution < 1.29 is 26.4 Å². The van der Waals surface area contributed by atoms with Gasteiger partial charge in [-0.15, -0.1) is 0 Å². The molecule has 4 rings (SSSR count). The van der Waals surface area contributed by atoms with Gasteiger partial charge < -0.3 is 14.8 Å². The van der Waals surface area contributed by atoms with Gasteiger partial charge in [0, 0.05) is 25.7 Å². The molecular formula is C21H22F3N5O3S. The Morgan fingerprint density at radius 1 is 1.15 bits per heavy atom. The highest BCUT2D eigenvalue weighted by molar-refractivity contribution is 7.91. The van der Waals surface area contributed by atoms with Crippen molar-refractivity contribution in [2.24, 2.45) is 7.05 Å². The summed E-state index contributed by atoms with van der Waals surface area (Å²) in [6.45, 7) is 2.07. The van der Waals surface area contributed by atoms with Gasteiger partial charge in [-0.2, -0.15) is 0 Å². The highest BCUT2D eigenvalue weighted by Crippen LogP contribution is 2.29. The van der Waals surface area contributed by atoms with Crippen molar-refractivity contribution in [2.75, 3.05) is 29.5 Å². The van der Waals surface area contributed by atoms with Crippen LogP contribution in [0.4, 0.5) is 19.0 Å². The van der Waals surface area contributed by atoms with Crippen molar-refractivity contribution in [1.82, 2.24) is 19.9 Å². The molecule has 0 aliphatic carbocycles. The van der Waals surface area contributed by atoms with Crippen LogP contribution in [-0.2, 0) is 16.9 Å². The van der Waals surface area contributed by atoms with E-state index in [1.165, 1.54) is 25.4 Å². The molecule has 0 radical (unpaired) electrons. The van der Waals surface area contributed by atoms with Crippen LogP contribution >= 0.6 is 0 Å². The first-order valence-electron chi connectivity index (χ1n) is 10.2.